The van der Waals surface area contributed by atoms with Crippen molar-refractivity contribution in [1.82, 2.24) is 10.2 Å². The summed E-state index contributed by atoms with van der Waals surface area (Å²) in [5.41, 5.74) is 0. The lowest BCUT2D eigenvalue weighted by molar-refractivity contribution is -0.128. The summed E-state index contributed by atoms with van der Waals surface area (Å²) in [5.74, 6) is 0.681. The quantitative estimate of drug-likeness (QED) is 0.837. The highest BCUT2D eigenvalue weighted by atomic mass is 79.9. The van der Waals surface area contributed by atoms with Crippen molar-refractivity contribution in [3.05, 3.63) is 28.7 Å². The molecule has 0 unspecified atom stereocenters. The zero-order valence-electron chi connectivity index (χ0n) is 13.3. The summed E-state index contributed by atoms with van der Waals surface area (Å²) in [6.07, 6.45) is 2.76. The third-order valence-electron chi connectivity index (χ3n) is 3.97. The van der Waals surface area contributed by atoms with E-state index in [4.69, 9.17) is 4.74 Å². The number of ether oxygens (including phenoxy) is 1. The normalized spacial score (nSPS) is 18.0. The average Bonchev–Trinajstić information content (AvgIpc) is 2.51. The number of nitrogens with one attached hydrogen (secondary N) is 1. The lowest BCUT2D eigenvalue weighted by atomic mass is 10.0. The molecule has 22 heavy (non-hydrogen) atoms. The van der Waals surface area contributed by atoms with Gasteiger partial charge in [0.15, 0.2) is 6.10 Å². The van der Waals surface area contributed by atoms with Crippen LogP contribution in [0.4, 0.5) is 0 Å². The molecular formula is C17H25BrN2O2. The summed E-state index contributed by atoms with van der Waals surface area (Å²) in [4.78, 5) is 14.7. The van der Waals surface area contributed by atoms with Gasteiger partial charge in [0.2, 0.25) is 0 Å². The summed E-state index contributed by atoms with van der Waals surface area (Å²) in [6.45, 7) is 7.30. The van der Waals surface area contributed by atoms with Crippen LogP contribution in [0.15, 0.2) is 28.7 Å². The predicted molar refractivity (Wildman–Crippen MR) is 92.1 cm³/mol. The summed E-state index contributed by atoms with van der Waals surface area (Å²) in [6, 6.07) is 7.80. The van der Waals surface area contributed by atoms with Crippen LogP contribution in [-0.4, -0.2) is 42.6 Å². The van der Waals surface area contributed by atoms with Gasteiger partial charge in [-0.2, -0.15) is 0 Å². The number of rotatable bonds is 6. The Morgan fingerprint density at radius 3 is 2.59 bits per heavy atom. The smallest absolute Gasteiger partial charge is 0.260 e. The molecule has 1 aromatic carbocycles. The summed E-state index contributed by atoms with van der Waals surface area (Å²) >= 11 is 3.38. The number of piperidine rings is 1. The molecule has 0 spiro atoms. The fourth-order valence-corrected chi connectivity index (χ4v) is 2.97. The molecule has 1 aromatic rings. The van der Waals surface area contributed by atoms with Crippen LogP contribution < -0.4 is 10.1 Å². The maximum atomic E-state index is 12.2. The Kier molecular flexibility index (Phi) is 6.70. The van der Waals surface area contributed by atoms with E-state index in [0.29, 0.717) is 5.75 Å². The fourth-order valence-electron chi connectivity index (χ4n) is 2.71. The van der Waals surface area contributed by atoms with Crippen molar-refractivity contribution in [2.24, 2.45) is 0 Å². The minimum atomic E-state index is -0.477. The molecule has 0 aliphatic carbocycles. The van der Waals surface area contributed by atoms with Gasteiger partial charge in [0.1, 0.15) is 5.75 Å². The number of amides is 1. The van der Waals surface area contributed by atoms with Crippen molar-refractivity contribution in [2.45, 2.75) is 45.3 Å². The van der Waals surface area contributed by atoms with Crippen LogP contribution in [0, 0.1) is 0 Å². The van der Waals surface area contributed by atoms with E-state index >= 15 is 0 Å². The van der Waals surface area contributed by atoms with Gasteiger partial charge in [-0.25, -0.2) is 0 Å². The molecule has 0 bridgehead atoms. The number of likely N-dealkylation sites (tertiary alicyclic amines) is 1. The maximum Gasteiger partial charge on any atom is 0.260 e. The van der Waals surface area contributed by atoms with Crippen molar-refractivity contribution in [3.8, 4) is 5.75 Å². The first kappa shape index (κ1) is 17.3. The number of halogens is 1. The van der Waals surface area contributed by atoms with Gasteiger partial charge in [0.25, 0.3) is 5.91 Å². The Morgan fingerprint density at radius 1 is 1.36 bits per heavy atom. The van der Waals surface area contributed by atoms with Gasteiger partial charge in [-0.1, -0.05) is 22.9 Å². The van der Waals surface area contributed by atoms with Gasteiger partial charge >= 0.3 is 0 Å². The van der Waals surface area contributed by atoms with Gasteiger partial charge < -0.3 is 15.0 Å². The molecule has 1 amide bonds. The van der Waals surface area contributed by atoms with Gasteiger partial charge in [-0.3, -0.25) is 4.79 Å². The molecule has 1 saturated heterocycles. The number of benzene rings is 1. The lowest BCUT2D eigenvalue weighted by Crippen LogP contribution is -2.48. The van der Waals surface area contributed by atoms with Crippen molar-refractivity contribution in [1.29, 1.82) is 0 Å². The molecule has 122 valence electrons. The third-order valence-corrected chi connectivity index (χ3v) is 4.50. The maximum absolute atomic E-state index is 12.2. The zero-order chi connectivity index (χ0) is 15.9. The number of hydrogen-bond acceptors (Lipinski definition) is 3. The van der Waals surface area contributed by atoms with Crippen LogP contribution in [0.1, 0.15) is 33.1 Å². The summed E-state index contributed by atoms with van der Waals surface area (Å²) < 4.78 is 6.69. The lowest BCUT2D eigenvalue weighted by Gasteiger charge is -2.32. The first-order valence-electron chi connectivity index (χ1n) is 8.03. The van der Waals surface area contributed by atoms with E-state index in [9.17, 15) is 4.79 Å². The number of hydrogen-bond donors (Lipinski definition) is 1. The Morgan fingerprint density at radius 2 is 2.00 bits per heavy atom. The number of carbonyl (C=O) groups is 1. The van der Waals surface area contributed by atoms with E-state index < -0.39 is 6.10 Å². The van der Waals surface area contributed by atoms with Crippen molar-refractivity contribution < 1.29 is 9.53 Å². The van der Waals surface area contributed by atoms with Gasteiger partial charge in [-0.05, 0) is 57.0 Å². The highest BCUT2D eigenvalue weighted by Crippen LogP contribution is 2.17. The Labute approximate surface area is 141 Å². The predicted octanol–water partition coefficient (Wildman–Crippen LogP) is 3.21. The largest absolute Gasteiger partial charge is 0.481 e. The molecule has 0 radical (unpaired) electrons. The van der Waals surface area contributed by atoms with E-state index in [2.05, 4.69) is 33.1 Å². The van der Waals surface area contributed by atoms with E-state index in [1.54, 1.807) is 6.92 Å². The molecular weight excluding hydrogens is 344 g/mol. The second kappa shape index (κ2) is 8.53. The van der Waals surface area contributed by atoms with Crippen LogP contribution in [0.3, 0.4) is 0 Å². The van der Waals surface area contributed by atoms with Gasteiger partial charge in [0.05, 0.1) is 0 Å². The van der Waals surface area contributed by atoms with Crippen LogP contribution >= 0.6 is 15.9 Å². The molecule has 1 heterocycles. The molecule has 2 rings (SSSR count). The number of carbonyl (C=O) groups excluding carboxylic acids is 1. The van der Waals surface area contributed by atoms with Crippen LogP contribution in [0.25, 0.3) is 0 Å². The molecule has 1 atom stereocenters. The van der Waals surface area contributed by atoms with Crippen LogP contribution in [0.5, 0.6) is 5.75 Å². The molecule has 5 heteroatoms. The highest BCUT2D eigenvalue weighted by molar-refractivity contribution is 9.10. The van der Waals surface area contributed by atoms with Gasteiger partial charge in [-0.15, -0.1) is 0 Å². The second-order valence-electron chi connectivity index (χ2n) is 5.84. The van der Waals surface area contributed by atoms with Crippen molar-refractivity contribution in [3.63, 3.8) is 0 Å². The Bertz CT molecular complexity index is 470. The van der Waals surface area contributed by atoms with Gasteiger partial charge in [0, 0.05) is 23.6 Å². The molecule has 1 fully saturated rings. The molecule has 4 nitrogen and oxygen atoms in total. The second-order valence-corrected chi connectivity index (χ2v) is 6.75. The minimum absolute atomic E-state index is 0.0307. The summed E-state index contributed by atoms with van der Waals surface area (Å²) in [5, 5.41) is 3.11. The minimum Gasteiger partial charge on any atom is -0.481 e. The first-order valence-corrected chi connectivity index (χ1v) is 8.82. The summed E-state index contributed by atoms with van der Waals surface area (Å²) in [7, 11) is 0. The topological polar surface area (TPSA) is 41.6 Å². The molecule has 1 aliphatic rings. The van der Waals surface area contributed by atoms with Crippen molar-refractivity contribution >= 4 is 21.8 Å². The van der Waals surface area contributed by atoms with Crippen LogP contribution in [0.2, 0.25) is 0 Å². The number of nitrogens with zero attached hydrogens (tertiary/aromatic N) is 1. The fraction of sp³-hybridized carbons (Fsp3) is 0.588. The average molecular weight is 369 g/mol. The first-order chi connectivity index (χ1) is 10.6. The van der Waals surface area contributed by atoms with E-state index in [0.717, 1.165) is 36.9 Å². The Balaban J connectivity index is 1.76. The third kappa shape index (κ3) is 5.29. The van der Waals surface area contributed by atoms with E-state index in [-0.39, 0.29) is 11.9 Å². The van der Waals surface area contributed by atoms with E-state index in [1.165, 1.54) is 6.42 Å². The Hall–Kier alpha value is -1.07. The van der Waals surface area contributed by atoms with E-state index in [1.807, 2.05) is 24.3 Å². The zero-order valence-corrected chi connectivity index (χ0v) is 14.9. The standard InChI is InChI=1S/C17H25BrN2O2/c1-3-10-20-11-8-15(9-12-20)19-17(21)13(2)22-16-6-4-14(18)5-7-16/h4-7,13,15H,3,8-12H2,1-2H3,(H,19,21)/t13-/m1/s1. The molecule has 0 saturated carbocycles. The SMILES string of the molecule is CCCN1CCC(NC(=O)[C@@H](C)Oc2ccc(Br)cc2)CC1. The molecule has 0 aromatic heterocycles. The molecule has 1 aliphatic heterocycles. The monoisotopic (exact) mass is 368 g/mol. The van der Waals surface area contributed by atoms with Crippen molar-refractivity contribution in [2.75, 3.05) is 19.6 Å². The highest BCUT2D eigenvalue weighted by Gasteiger charge is 2.23. The molecule has 1 N–H and O–H groups in total. The van der Waals surface area contributed by atoms with Crippen LogP contribution in [-0.2, 0) is 4.79 Å².